The summed E-state index contributed by atoms with van der Waals surface area (Å²) in [5, 5.41) is 9.81. The highest BCUT2D eigenvalue weighted by Gasteiger charge is 2.10. The summed E-state index contributed by atoms with van der Waals surface area (Å²) in [4.78, 5) is 6.77. The van der Waals surface area contributed by atoms with Crippen molar-refractivity contribution in [2.45, 2.75) is 20.3 Å². The molecule has 1 N–H and O–H groups in total. The van der Waals surface area contributed by atoms with E-state index >= 15 is 0 Å². The van der Waals surface area contributed by atoms with E-state index in [1.807, 2.05) is 6.92 Å². The molecule has 5 heteroatoms. The van der Waals surface area contributed by atoms with Crippen LogP contribution in [0.25, 0.3) is 10.2 Å². The van der Waals surface area contributed by atoms with Crippen molar-refractivity contribution < 1.29 is 9.84 Å². The van der Waals surface area contributed by atoms with E-state index in [2.05, 4.69) is 36.0 Å². The van der Waals surface area contributed by atoms with Gasteiger partial charge in [-0.2, -0.15) is 0 Å². The molecule has 110 valence electrons. The molecule has 0 atom stereocenters. The molecule has 2 aromatic rings. The third-order valence-corrected chi connectivity index (χ3v) is 4.23. The first-order chi connectivity index (χ1) is 9.65. The summed E-state index contributed by atoms with van der Waals surface area (Å²) in [6, 6.07) is 4.42. The Morgan fingerprint density at radius 1 is 1.35 bits per heavy atom. The van der Waals surface area contributed by atoms with Crippen LogP contribution in [0.3, 0.4) is 0 Å². The first kappa shape index (κ1) is 15.2. The van der Waals surface area contributed by atoms with Crippen molar-refractivity contribution in [2.24, 2.45) is 0 Å². The Hall–Kier alpha value is -1.17. The molecule has 20 heavy (non-hydrogen) atoms. The van der Waals surface area contributed by atoms with Gasteiger partial charge in [-0.15, -0.1) is 11.3 Å². The van der Waals surface area contributed by atoms with E-state index in [0.29, 0.717) is 13.2 Å². The summed E-state index contributed by atoms with van der Waals surface area (Å²) in [5.41, 5.74) is 3.65. The molecular formula is C15H22N2O2S. The van der Waals surface area contributed by atoms with Crippen LogP contribution in [-0.4, -0.2) is 43.5 Å². The number of thiazole rings is 1. The lowest BCUT2D eigenvalue weighted by Gasteiger charge is -2.22. The zero-order valence-corrected chi connectivity index (χ0v) is 13.2. The van der Waals surface area contributed by atoms with Gasteiger partial charge in [-0.05, 0) is 31.0 Å². The van der Waals surface area contributed by atoms with Gasteiger partial charge in [-0.1, -0.05) is 6.92 Å². The third-order valence-electron chi connectivity index (χ3n) is 3.29. The fraction of sp³-hybridized carbons (Fsp3) is 0.533. The van der Waals surface area contributed by atoms with Crippen LogP contribution in [0.2, 0.25) is 0 Å². The van der Waals surface area contributed by atoms with E-state index in [-0.39, 0.29) is 6.61 Å². The maximum absolute atomic E-state index is 8.71. The van der Waals surface area contributed by atoms with Crippen LogP contribution in [0, 0.1) is 6.92 Å². The number of nitrogens with zero attached hydrogens (tertiary/aromatic N) is 2. The highest BCUT2D eigenvalue weighted by molar-refractivity contribution is 7.18. The molecule has 0 radical (unpaired) electrons. The van der Waals surface area contributed by atoms with Crippen molar-refractivity contribution >= 4 is 27.2 Å². The molecule has 0 aliphatic carbocycles. The standard InChI is InChI=1S/C15H22N2O2S/c1-4-12-9-13-15(20-11(2)16-13)10-14(12)17(3)5-7-19-8-6-18/h9-10,18H,4-8H2,1-3H3. The number of anilines is 1. The Balaban J connectivity index is 2.18. The summed E-state index contributed by atoms with van der Waals surface area (Å²) in [5.74, 6) is 0. The molecule has 1 heterocycles. The average Bonchev–Trinajstić information content (AvgIpc) is 2.80. The lowest BCUT2D eigenvalue weighted by Crippen LogP contribution is -2.24. The number of aryl methyl sites for hydroxylation is 2. The summed E-state index contributed by atoms with van der Waals surface area (Å²) in [6.45, 7) is 6.14. The molecule has 4 nitrogen and oxygen atoms in total. The molecule has 2 rings (SSSR count). The quantitative estimate of drug-likeness (QED) is 0.797. The van der Waals surface area contributed by atoms with Crippen LogP contribution >= 0.6 is 11.3 Å². The zero-order valence-electron chi connectivity index (χ0n) is 12.3. The maximum Gasteiger partial charge on any atom is 0.0907 e. The Bertz CT molecular complexity index is 568. The van der Waals surface area contributed by atoms with Crippen molar-refractivity contribution in [1.29, 1.82) is 0 Å². The van der Waals surface area contributed by atoms with E-state index in [0.717, 1.165) is 23.5 Å². The summed E-state index contributed by atoms with van der Waals surface area (Å²) < 4.78 is 6.57. The minimum Gasteiger partial charge on any atom is -0.394 e. The van der Waals surface area contributed by atoms with Crippen molar-refractivity contribution in [3.63, 3.8) is 0 Å². The number of aliphatic hydroxyl groups is 1. The van der Waals surface area contributed by atoms with E-state index in [1.54, 1.807) is 11.3 Å². The number of fused-ring (bicyclic) bond motifs is 1. The number of rotatable bonds is 7. The number of ether oxygens (including phenoxy) is 1. The van der Waals surface area contributed by atoms with Crippen LogP contribution in [0.1, 0.15) is 17.5 Å². The summed E-state index contributed by atoms with van der Waals surface area (Å²) >= 11 is 1.73. The van der Waals surface area contributed by atoms with Gasteiger partial charge in [0.1, 0.15) is 0 Å². The van der Waals surface area contributed by atoms with Gasteiger partial charge in [0.05, 0.1) is 35.0 Å². The van der Waals surface area contributed by atoms with Gasteiger partial charge in [0.25, 0.3) is 0 Å². The normalized spacial score (nSPS) is 11.2. The van der Waals surface area contributed by atoms with Crippen molar-refractivity contribution in [3.8, 4) is 0 Å². The van der Waals surface area contributed by atoms with E-state index in [4.69, 9.17) is 9.84 Å². The Kier molecular flexibility index (Phi) is 5.34. The molecule has 0 amide bonds. The molecule has 0 aliphatic heterocycles. The molecule has 0 fully saturated rings. The van der Waals surface area contributed by atoms with Crippen LogP contribution in [-0.2, 0) is 11.2 Å². The zero-order chi connectivity index (χ0) is 14.5. The molecule has 0 saturated heterocycles. The number of hydrogen-bond donors (Lipinski definition) is 1. The lowest BCUT2D eigenvalue weighted by atomic mass is 10.1. The molecule has 1 aromatic heterocycles. The van der Waals surface area contributed by atoms with Crippen molar-refractivity contribution in [1.82, 2.24) is 4.98 Å². The molecule has 0 aliphatic rings. The van der Waals surface area contributed by atoms with Gasteiger partial charge in [-0.25, -0.2) is 4.98 Å². The first-order valence-corrected chi connectivity index (χ1v) is 7.77. The minimum atomic E-state index is 0.0794. The first-order valence-electron chi connectivity index (χ1n) is 6.95. The Morgan fingerprint density at radius 2 is 2.15 bits per heavy atom. The molecule has 0 saturated carbocycles. The van der Waals surface area contributed by atoms with Crippen molar-refractivity contribution in [2.75, 3.05) is 38.3 Å². The predicted octanol–water partition coefficient (Wildman–Crippen LogP) is 2.61. The molecule has 0 spiro atoms. The summed E-state index contributed by atoms with van der Waals surface area (Å²) in [7, 11) is 2.08. The smallest absolute Gasteiger partial charge is 0.0907 e. The van der Waals surface area contributed by atoms with E-state index in [9.17, 15) is 0 Å². The molecule has 0 unspecified atom stereocenters. The average molecular weight is 294 g/mol. The number of benzene rings is 1. The molecular weight excluding hydrogens is 272 g/mol. The SMILES string of the molecule is CCc1cc2nc(C)sc2cc1N(C)CCOCCO. The Morgan fingerprint density at radius 3 is 2.85 bits per heavy atom. The van der Waals surface area contributed by atoms with Gasteiger partial charge in [-0.3, -0.25) is 0 Å². The Labute approximate surface area is 124 Å². The van der Waals surface area contributed by atoms with Crippen molar-refractivity contribution in [3.05, 3.63) is 22.7 Å². The predicted molar refractivity (Wildman–Crippen MR) is 84.9 cm³/mol. The largest absolute Gasteiger partial charge is 0.394 e. The van der Waals surface area contributed by atoms with Gasteiger partial charge < -0.3 is 14.7 Å². The van der Waals surface area contributed by atoms with Gasteiger partial charge in [0.15, 0.2) is 0 Å². The maximum atomic E-state index is 8.71. The molecule has 1 aromatic carbocycles. The van der Waals surface area contributed by atoms with Crippen LogP contribution in [0.5, 0.6) is 0 Å². The topological polar surface area (TPSA) is 45.6 Å². The number of aromatic nitrogens is 1. The van der Waals surface area contributed by atoms with Crippen LogP contribution < -0.4 is 4.90 Å². The second-order valence-corrected chi connectivity index (χ2v) is 6.03. The highest BCUT2D eigenvalue weighted by Crippen LogP contribution is 2.30. The van der Waals surface area contributed by atoms with Gasteiger partial charge in [0, 0.05) is 19.3 Å². The second kappa shape index (κ2) is 7.02. The monoisotopic (exact) mass is 294 g/mol. The van der Waals surface area contributed by atoms with E-state index < -0.39 is 0 Å². The second-order valence-electron chi connectivity index (χ2n) is 4.79. The summed E-state index contributed by atoms with van der Waals surface area (Å²) in [6.07, 6.45) is 0.990. The highest BCUT2D eigenvalue weighted by atomic mass is 32.1. The van der Waals surface area contributed by atoms with Crippen LogP contribution in [0.4, 0.5) is 5.69 Å². The third kappa shape index (κ3) is 3.48. The van der Waals surface area contributed by atoms with E-state index in [1.165, 1.54) is 16.0 Å². The number of hydrogen-bond acceptors (Lipinski definition) is 5. The number of likely N-dealkylation sites (N-methyl/N-ethyl adjacent to an activating group) is 1. The molecule has 0 bridgehead atoms. The van der Waals surface area contributed by atoms with Crippen LogP contribution in [0.15, 0.2) is 12.1 Å². The minimum absolute atomic E-state index is 0.0794. The fourth-order valence-electron chi connectivity index (χ4n) is 2.25. The van der Waals surface area contributed by atoms with Gasteiger partial charge in [0.2, 0.25) is 0 Å². The number of aliphatic hydroxyl groups excluding tert-OH is 1. The van der Waals surface area contributed by atoms with Gasteiger partial charge >= 0.3 is 0 Å². The fourth-order valence-corrected chi connectivity index (χ4v) is 3.09. The lowest BCUT2D eigenvalue weighted by molar-refractivity contribution is 0.0971.